The molecule has 1 aromatic rings. The Balaban J connectivity index is 1.79. The van der Waals surface area contributed by atoms with Crippen molar-refractivity contribution in [3.63, 3.8) is 0 Å². The molecule has 1 unspecified atom stereocenters. The van der Waals surface area contributed by atoms with E-state index in [1.54, 1.807) is 0 Å². The Morgan fingerprint density at radius 3 is 2.94 bits per heavy atom. The van der Waals surface area contributed by atoms with E-state index >= 15 is 0 Å². The van der Waals surface area contributed by atoms with Gasteiger partial charge in [0.2, 0.25) is 0 Å². The topological polar surface area (TPSA) is 41.6 Å². The van der Waals surface area contributed by atoms with Gasteiger partial charge in [0.15, 0.2) is 5.96 Å². The van der Waals surface area contributed by atoms with Gasteiger partial charge in [0.1, 0.15) is 0 Å². The van der Waals surface area contributed by atoms with Crippen molar-refractivity contribution in [1.29, 1.82) is 0 Å². The highest BCUT2D eigenvalue weighted by Crippen LogP contribution is 2.36. The van der Waals surface area contributed by atoms with Crippen molar-refractivity contribution in [2.75, 3.05) is 13.1 Å². The van der Waals surface area contributed by atoms with Crippen LogP contribution in [0.4, 0.5) is 0 Å². The summed E-state index contributed by atoms with van der Waals surface area (Å²) in [6.45, 7) is 4.08. The minimum absolute atomic E-state index is 0.402. The zero-order valence-corrected chi connectivity index (χ0v) is 10.3. The van der Waals surface area contributed by atoms with E-state index in [9.17, 15) is 0 Å². The van der Waals surface area contributed by atoms with E-state index in [1.165, 1.54) is 22.6 Å². The van der Waals surface area contributed by atoms with Gasteiger partial charge in [-0.05, 0) is 37.8 Å². The summed E-state index contributed by atoms with van der Waals surface area (Å²) in [5.74, 6) is 1.60. The zero-order valence-electron chi connectivity index (χ0n) is 9.52. The van der Waals surface area contributed by atoms with Gasteiger partial charge >= 0.3 is 0 Å². The molecule has 1 fully saturated rings. The van der Waals surface area contributed by atoms with Crippen LogP contribution in [0.25, 0.3) is 0 Å². The van der Waals surface area contributed by atoms with Crippen LogP contribution in [0.15, 0.2) is 17.1 Å². The summed E-state index contributed by atoms with van der Waals surface area (Å²) in [6.07, 6.45) is 2.72. The van der Waals surface area contributed by atoms with Crippen molar-refractivity contribution in [3.05, 3.63) is 21.9 Å². The summed E-state index contributed by atoms with van der Waals surface area (Å²) in [4.78, 5) is 9.46. The second-order valence-corrected chi connectivity index (χ2v) is 6.08. The van der Waals surface area contributed by atoms with E-state index in [4.69, 9.17) is 5.73 Å². The Hall–Kier alpha value is -1.03. The van der Waals surface area contributed by atoms with Crippen LogP contribution in [-0.4, -0.2) is 23.9 Å². The highest BCUT2D eigenvalue weighted by atomic mass is 32.1. The number of guanidine groups is 1. The first-order valence-corrected chi connectivity index (χ1v) is 6.68. The van der Waals surface area contributed by atoms with Gasteiger partial charge in [-0.15, -0.1) is 11.3 Å². The molecule has 0 radical (unpaired) electrons. The monoisotopic (exact) mass is 235 g/mol. The number of thiophene rings is 1. The first kappa shape index (κ1) is 10.1. The molecule has 0 spiro atoms. The largest absolute Gasteiger partial charge is 0.370 e. The van der Waals surface area contributed by atoms with Crippen LogP contribution < -0.4 is 5.73 Å². The summed E-state index contributed by atoms with van der Waals surface area (Å²) in [6, 6.07) is 4.81. The maximum absolute atomic E-state index is 5.97. The van der Waals surface area contributed by atoms with Gasteiger partial charge in [-0.3, -0.25) is 4.99 Å². The quantitative estimate of drug-likeness (QED) is 0.872. The van der Waals surface area contributed by atoms with Gasteiger partial charge in [-0.2, -0.15) is 0 Å². The first-order chi connectivity index (χ1) is 7.74. The Kier molecular flexibility index (Phi) is 2.39. The normalized spacial score (nSPS) is 24.9. The SMILES string of the molecule is Cc1ccc(C2CN=C(N)N2CC2CC2)s1. The van der Waals surface area contributed by atoms with Gasteiger partial charge in [-0.1, -0.05) is 0 Å². The number of hydrogen-bond donors (Lipinski definition) is 1. The fraction of sp³-hybridized carbons (Fsp3) is 0.583. The molecule has 0 amide bonds. The Morgan fingerprint density at radius 1 is 1.50 bits per heavy atom. The lowest BCUT2D eigenvalue weighted by Gasteiger charge is -2.25. The average molecular weight is 235 g/mol. The second-order valence-electron chi connectivity index (χ2n) is 4.76. The summed E-state index contributed by atoms with van der Waals surface area (Å²) < 4.78 is 0. The van der Waals surface area contributed by atoms with Gasteiger partial charge in [-0.25, -0.2) is 0 Å². The molecule has 0 saturated heterocycles. The lowest BCUT2D eigenvalue weighted by atomic mass is 10.2. The standard InChI is InChI=1S/C12H17N3S/c1-8-2-5-11(16-8)10-6-14-12(13)15(10)7-9-3-4-9/h2,5,9-10H,3-4,6-7H2,1H3,(H2,13,14). The molecule has 4 heteroatoms. The first-order valence-electron chi connectivity index (χ1n) is 5.87. The molecule has 2 heterocycles. The van der Waals surface area contributed by atoms with E-state index in [0.717, 1.165) is 25.0 Å². The van der Waals surface area contributed by atoms with Crippen LogP contribution >= 0.6 is 11.3 Å². The number of aryl methyl sites for hydroxylation is 1. The molecule has 0 aromatic carbocycles. The highest BCUT2D eigenvalue weighted by molar-refractivity contribution is 7.12. The van der Waals surface area contributed by atoms with Crippen LogP contribution in [0.5, 0.6) is 0 Å². The molecule has 86 valence electrons. The van der Waals surface area contributed by atoms with Crippen molar-refractivity contribution in [2.45, 2.75) is 25.8 Å². The minimum Gasteiger partial charge on any atom is -0.370 e. The molecule has 3 rings (SSSR count). The van der Waals surface area contributed by atoms with Crippen LogP contribution in [-0.2, 0) is 0 Å². The number of aliphatic imine (C=N–C) groups is 1. The van der Waals surface area contributed by atoms with Crippen LogP contribution in [0, 0.1) is 12.8 Å². The smallest absolute Gasteiger partial charge is 0.191 e. The van der Waals surface area contributed by atoms with E-state index in [1.807, 2.05) is 11.3 Å². The molecule has 2 aliphatic rings. The number of hydrogen-bond acceptors (Lipinski definition) is 4. The molecule has 2 N–H and O–H groups in total. The number of nitrogens with zero attached hydrogens (tertiary/aromatic N) is 2. The predicted octanol–water partition coefficient (Wildman–Crippen LogP) is 2.14. The zero-order chi connectivity index (χ0) is 11.1. The summed E-state index contributed by atoms with van der Waals surface area (Å²) in [5, 5.41) is 0. The van der Waals surface area contributed by atoms with E-state index in [-0.39, 0.29) is 0 Å². The Labute approximate surface area is 100.0 Å². The predicted molar refractivity (Wildman–Crippen MR) is 67.7 cm³/mol. The maximum atomic E-state index is 5.97. The molecule has 1 atom stereocenters. The lowest BCUT2D eigenvalue weighted by Crippen LogP contribution is -2.37. The van der Waals surface area contributed by atoms with Crippen molar-refractivity contribution < 1.29 is 0 Å². The van der Waals surface area contributed by atoms with E-state index in [2.05, 4.69) is 28.9 Å². The van der Waals surface area contributed by atoms with Crippen LogP contribution in [0.1, 0.15) is 28.6 Å². The minimum atomic E-state index is 0.402. The molecule has 3 nitrogen and oxygen atoms in total. The van der Waals surface area contributed by atoms with Gasteiger partial charge in [0.05, 0.1) is 12.6 Å². The van der Waals surface area contributed by atoms with Gasteiger partial charge in [0, 0.05) is 16.3 Å². The van der Waals surface area contributed by atoms with E-state index < -0.39 is 0 Å². The third-order valence-electron chi connectivity index (χ3n) is 3.34. The van der Waals surface area contributed by atoms with Crippen LogP contribution in [0.2, 0.25) is 0 Å². The number of nitrogens with two attached hydrogens (primary N) is 1. The highest BCUT2D eigenvalue weighted by Gasteiger charge is 2.33. The molecule has 1 aromatic heterocycles. The molecule has 16 heavy (non-hydrogen) atoms. The second kappa shape index (κ2) is 3.77. The van der Waals surface area contributed by atoms with Gasteiger partial charge < -0.3 is 10.6 Å². The Morgan fingerprint density at radius 2 is 2.31 bits per heavy atom. The molecule has 1 saturated carbocycles. The molecule has 0 bridgehead atoms. The molecular weight excluding hydrogens is 218 g/mol. The fourth-order valence-corrected chi connectivity index (χ4v) is 3.19. The van der Waals surface area contributed by atoms with Crippen molar-refractivity contribution in [3.8, 4) is 0 Å². The average Bonchev–Trinajstić information content (AvgIpc) is 2.87. The van der Waals surface area contributed by atoms with Crippen LogP contribution in [0.3, 0.4) is 0 Å². The van der Waals surface area contributed by atoms with Crippen molar-refractivity contribution in [1.82, 2.24) is 4.90 Å². The van der Waals surface area contributed by atoms with Crippen molar-refractivity contribution in [2.24, 2.45) is 16.6 Å². The molecule has 1 aliphatic carbocycles. The summed E-state index contributed by atoms with van der Waals surface area (Å²) in [7, 11) is 0. The lowest BCUT2D eigenvalue weighted by molar-refractivity contribution is 0.338. The molecular formula is C12H17N3S. The summed E-state index contributed by atoms with van der Waals surface area (Å²) >= 11 is 1.87. The van der Waals surface area contributed by atoms with Crippen molar-refractivity contribution >= 4 is 17.3 Å². The Bertz CT molecular complexity index is 420. The van der Waals surface area contributed by atoms with Gasteiger partial charge in [0.25, 0.3) is 0 Å². The van der Waals surface area contributed by atoms with E-state index in [0.29, 0.717) is 6.04 Å². The molecule has 1 aliphatic heterocycles. The summed E-state index contributed by atoms with van der Waals surface area (Å²) in [5.41, 5.74) is 5.97. The fourth-order valence-electron chi connectivity index (χ4n) is 2.20. The maximum Gasteiger partial charge on any atom is 0.191 e. The third-order valence-corrected chi connectivity index (χ3v) is 4.44. The third kappa shape index (κ3) is 1.82. The number of rotatable bonds is 3.